The fourth-order valence-corrected chi connectivity index (χ4v) is 2.45. The lowest BCUT2D eigenvalue weighted by atomic mass is 10.2. The summed E-state index contributed by atoms with van der Waals surface area (Å²) in [5.74, 6) is 0.159. The zero-order valence-corrected chi connectivity index (χ0v) is 15.4. The third kappa shape index (κ3) is 11.0. The number of unbranched alkanes of at least 4 members (excludes halogenated alkanes) is 4. The Morgan fingerprint density at radius 1 is 0.818 bits per heavy atom. The molecule has 0 radical (unpaired) electrons. The first-order chi connectivity index (χ1) is 10.7. The van der Waals surface area contributed by atoms with Gasteiger partial charge < -0.3 is 14.5 Å². The van der Waals surface area contributed by atoms with Crippen molar-refractivity contribution in [2.45, 2.75) is 66.2 Å². The molecule has 0 spiro atoms. The molecule has 0 aromatic rings. The fourth-order valence-electron chi connectivity index (χ4n) is 2.45. The van der Waals surface area contributed by atoms with Gasteiger partial charge in [-0.3, -0.25) is 4.79 Å². The van der Waals surface area contributed by atoms with E-state index in [9.17, 15) is 4.79 Å². The molecule has 0 aromatic heterocycles. The molecular weight excluding hydrogens is 276 g/mol. The Labute approximate surface area is 138 Å². The van der Waals surface area contributed by atoms with Gasteiger partial charge in [0.2, 0.25) is 5.91 Å². The summed E-state index contributed by atoms with van der Waals surface area (Å²) in [5.41, 5.74) is 0. The second-order valence-corrected chi connectivity index (χ2v) is 5.87. The van der Waals surface area contributed by atoms with E-state index in [1.807, 2.05) is 4.90 Å². The first-order valence-electron chi connectivity index (χ1n) is 9.27. The van der Waals surface area contributed by atoms with Gasteiger partial charge in [0.1, 0.15) is 6.61 Å². The Kier molecular flexibility index (Phi) is 14.9. The van der Waals surface area contributed by atoms with Crippen molar-refractivity contribution in [3.8, 4) is 0 Å². The predicted molar refractivity (Wildman–Crippen MR) is 94.2 cm³/mol. The van der Waals surface area contributed by atoms with Gasteiger partial charge in [0.25, 0.3) is 0 Å². The normalized spacial score (nSPS) is 11.1. The van der Waals surface area contributed by atoms with E-state index in [-0.39, 0.29) is 12.5 Å². The summed E-state index contributed by atoms with van der Waals surface area (Å²) >= 11 is 0. The molecule has 0 aliphatic heterocycles. The maximum atomic E-state index is 12.3. The van der Waals surface area contributed by atoms with Crippen molar-refractivity contribution in [2.24, 2.45) is 0 Å². The topological polar surface area (TPSA) is 32.8 Å². The quantitative estimate of drug-likeness (QED) is 0.433. The van der Waals surface area contributed by atoms with Gasteiger partial charge >= 0.3 is 0 Å². The summed E-state index contributed by atoms with van der Waals surface area (Å²) in [5, 5.41) is 0. The number of likely N-dealkylation sites (N-methyl/N-ethyl adjacent to an activating group) is 1. The summed E-state index contributed by atoms with van der Waals surface area (Å²) in [6.07, 6.45) is 6.98. The number of carbonyl (C=O) groups excluding carboxylic acids is 1. The number of amides is 1. The maximum Gasteiger partial charge on any atom is 0.248 e. The van der Waals surface area contributed by atoms with E-state index < -0.39 is 0 Å². The minimum Gasteiger partial charge on any atom is -0.370 e. The molecule has 4 nitrogen and oxygen atoms in total. The highest BCUT2D eigenvalue weighted by Gasteiger charge is 2.13. The highest BCUT2D eigenvalue weighted by molar-refractivity contribution is 5.77. The van der Waals surface area contributed by atoms with Crippen LogP contribution in [0.5, 0.6) is 0 Å². The van der Waals surface area contributed by atoms with Crippen molar-refractivity contribution in [1.82, 2.24) is 9.80 Å². The van der Waals surface area contributed by atoms with Crippen LogP contribution in [0.2, 0.25) is 0 Å². The van der Waals surface area contributed by atoms with Gasteiger partial charge in [-0.25, -0.2) is 0 Å². The van der Waals surface area contributed by atoms with Gasteiger partial charge in [0.05, 0.1) is 6.61 Å². The zero-order valence-electron chi connectivity index (χ0n) is 15.4. The largest absolute Gasteiger partial charge is 0.370 e. The zero-order chi connectivity index (χ0) is 16.6. The predicted octanol–water partition coefficient (Wildman–Crippen LogP) is 3.55. The van der Waals surface area contributed by atoms with Gasteiger partial charge in [-0.15, -0.1) is 0 Å². The van der Waals surface area contributed by atoms with Gasteiger partial charge in [-0.1, -0.05) is 53.4 Å². The number of hydrogen-bond donors (Lipinski definition) is 0. The molecule has 0 aliphatic rings. The van der Waals surface area contributed by atoms with Crippen LogP contribution in [-0.2, 0) is 9.53 Å². The number of carbonyl (C=O) groups is 1. The van der Waals surface area contributed by atoms with Gasteiger partial charge in [0.15, 0.2) is 0 Å². The molecule has 0 atom stereocenters. The standard InChI is InChI=1S/C18H38N2O2/c1-5-9-11-13-20(14-12-10-6-2)18(21)17-22-16-15-19(7-3)8-4/h5-17H2,1-4H3. The third-order valence-electron chi connectivity index (χ3n) is 4.09. The van der Waals surface area contributed by atoms with Crippen LogP contribution in [0.4, 0.5) is 0 Å². The molecule has 0 unspecified atom stereocenters. The molecule has 4 heteroatoms. The van der Waals surface area contributed by atoms with Crippen LogP contribution in [0.25, 0.3) is 0 Å². The van der Waals surface area contributed by atoms with Crippen molar-refractivity contribution >= 4 is 5.91 Å². The molecule has 0 saturated carbocycles. The Hall–Kier alpha value is -0.610. The van der Waals surface area contributed by atoms with E-state index in [4.69, 9.17) is 4.74 Å². The van der Waals surface area contributed by atoms with Crippen LogP contribution in [0.3, 0.4) is 0 Å². The van der Waals surface area contributed by atoms with Crippen molar-refractivity contribution in [3.63, 3.8) is 0 Å². The Morgan fingerprint density at radius 3 is 1.82 bits per heavy atom. The SMILES string of the molecule is CCCCCN(CCCCC)C(=O)COCCN(CC)CC. The highest BCUT2D eigenvalue weighted by Crippen LogP contribution is 2.03. The Morgan fingerprint density at radius 2 is 1.36 bits per heavy atom. The second-order valence-electron chi connectivity index (χ2n) is 5.87. The van der Waals surface area contributed by atoms with E-state index in [2.05, 4.69) is 32.6 Å². The van der Waals surface area contributed by atoms with Crippen molar-refractivity contribution < 1.29 is 9.53 Å². The average Bonchev–Trinajstić information content (AvgIpc) is 2.53. The number of hydrogen-bond acceptors (Lipinski definition) is 3. The summed E-state index contributed by atoms with van der Waals surface area (Å²) in [4.78, 5) is 16.6. The molecule has 1 amide bonds. The summed E-state index contributed by atoms with van der Waals surface area (Å²) in [7, 11) is 0. The van der Waals surface area contributed by atoms with E-state index >= 15 is 0 Å². The number of ether oxygens (including phenoxy) is 1. The van der Waals surface area contributed by atoms with Gasteiger partial charge in [-0.05, 0) is 25.9 Å². The van der Waals surface area contributed by atoms with E-state index in [1.165, 1.54) is 25.7 Å². The summed E-state index contributed by atoms with van der Waals surface area (Å²) in [6, 6.07) is 0. The van der Waals surface area contributed by atoms with Crippen LogP contribution in [-0.4, -0.2) is 61.6 Å². The molecule has 0 rings (SSSR count). The Bertz CT molecular complexity index is 245. The van der Waals surface area contributed by atoms with Crippen molar-refractivity contribution in [1.29, 1.82) is 0 Å². The molecule has 0 saturated heterocycles. The number of nitrogens with zero attached hydrogens (tertiary/aromatic N) is 2. The van der Waals surface area contributed by atoms with Crippen LogP contribution >= 0.6 is 0 Å². The molecule has 0 aliphatic carbocycles. The van der Waals surface area contributed by atoms with E-state index in [0.717, 1.165) is 45.6 Å². The molecule has 0 fully saturated rings. The van der Waals surface area contributed by atoms with Crippen LogP contribution in [0.1, 0.15) is 66.2 Å². The average molecular weight is 315 g/mol. The van der Waals surface area contributed by atoms with Crippen LogP contribution in [0, 0.1) is 0 Å². The maximum absolute atomic E-state index is 12.3. The van der Waals surface area contributed by atoms with Gasteiger partial charge in [-0.2, -0.15) is 0 Å². The minimum absolute atomic E-state index is 0.159. The number of rotatable bonds is 15. The highest BCUT2D eigenvalue weighted by atomic mass is 16.5. The summed E-state index contributed by atoms with van der Waals surface area (Å²) in [6.45, 7) is 14.3. The first kappa shape index (κ1) is 21.4. The van der Waals surface area contributed by atoms with E-state index in [1.54, 1.807) is 0 Å². The molecule has 132 valence electrons. The lowest BCUT2D eigenvalue weighted by Gasteiger charge is -2.23. The minimum atomic E-state index is 0.159. The lowest BCUT2D eigenvalue weighted by Crippen LogP contribution is -2.36. The fraction of sp³-hybridized carbons (Fsp3) is 0.944. The van der Waals surface area contributed by atoms with E-state index in [0.29, 0.717) is 6.61 Å². The molecule has 0 aromatic carbocycles. The molecule has 0 bridgehead atoms. The van der Waals surface area contributed by atoms with Crippen molar-refractivity contribution in [2.75, 3.05) is 45.9 Å². The monoisotopic (exact) mass is 314 g/mol. The third-order valence-corrected chi connectivity index (χ3v) is 4.09. The lowest BCUT2D eigenvalue weighted by molar-refractivity contribution is -0.136. The first-order valence-corrected chi connectivity index (χ1v) is 9.27. The van der Waals surface area contributed by atoms with Crippen LogP contribution in [0.15, 0.2) is 0 Å². The Balaban J connectivity index is 4.02. The molecule has 0 N–H and O–H groups in total. The molecule has 22 heavy (non-hydrogen) atoms. The molecule has 0 heterocycles. The van der Waals surface area contributed by atoms with Crippen LogP contribution < -0.4 is 0 Å². The molecular formula is C18H38N2O2. The van der Waals surface area contributed by atoms with Crippen molar-refractivity contribution in [3.05, 3.63) is 0 Å². The summed E-state index contributed by atoms with van der Waals surface area (Å²) < 4.78 is 5.59. The smallest absolute Gasteiger partial charge is 0.248 e. The second kappa shape index (κ2) is 15.3. The van der Waals surface area contributed by atoms with Gasteiger partial charge in [0, 0.05) is 19.6 Å².